The van der Waals surface area contributed by atoms with Gasteiger partial charge in [0.05, 0.1) is 5.69 Å². The van der Waals surface area contributed by atoms with E-state index in [4.69, 9.17) is 4.98 Å². The zero-order chi connectivity index (χ0) is 33.8. The molecule has 1 saturated heterocycles. The smallest absolute Gasteiger partial charge is 0.225 e. The van der Waals surface area contributed by atoms with Gasteiger partial charge in [0, 0.05) is 57.0 Å². The Kier molecular flexibility index (Phi) is 7.64. The molecule has 4 heterocycles. The third kappa shape index (κ3) is 4.82. The maximum absolute atomic E-state index is 4.86. The molecule has 2 aliphatic rings. The number of quaternary nitrogens is 2. The van der Waals surface area contributed by atoms with Crippen molar-refractivity contribution in [3.05, 3.63) is 151 Å². The van der Waals surface area contributed by atoms with Gasteiger partial charge in [0.15, 0.2) is 12.4 Å². The first-order valence-corrected chi connectivity index (χ1v) is 17.8. The van der Waals surface area contributed by atoms with E-state index in [9.17, 15) is 0 Å². The van der Waals surface area contributed by atoms with Crippen LogP contribution in [0.5, 0.6) is 0 Å². The zero-order valence-corrected chi connectivity index (χ0v) is 32.2. The molecule has 6 heteroatoms. The van der Waals surface area contributed by atoms with Gasteiger partial charge in [-0.1, -0.05) is 94.4 Å². The van der Waals surface area contributed by atoms with Crippen LogP contribution in [-0.4, -0.2) is 9.55 Å². The SMILES string of the molecule is CC(C)(C)c1cccc([N@+]23[CH-][N+]2(c2[c-]c(Sc4[c-]c5c(cc4)c4ccccc4n5-c4cc(C(C)(C)C)ccn4)ccc2)c2ccccc23)c1.[Pt]. The van der Waals surface area contributed by atoms with Gasteiger partial charge < -0.3 is 4.57 Å². The van der Waals surface area contributed by atoms with Gasteiger partial charge in [-0.25, -0.2) is 9.58 Å². The van der Waals surface area contributed by atoms with Crippen molar-refractivity contribution in [1.29, 1.82) is 0 Å². The maximum atomic E-state index is 4.86. The quantitative estimate of drug-likeness (QED) is 0.0975. The van der Waals surface area contributed by atoms with Gasteiger partial charge in [-0.15, -0.1) is 40.2 Å². The molecule has 0 spiro atoms. The van der Waals surface area contributed by atoms with Crippen LogP contribution in [0.15, 0.2) is 131 Å². The number of nitrogens with zero attached hydrogens (tertiary/aromatic N) is 4. The van der Waals surface area contributed by atoms with Crippen molar-refractivity contribution in [3.63, 3.8) is 0 Å². The Morgan fingerprint density at radius 2 is 1.32 bits per heavy atom. The summed E-state index contributed by atoms with van der Waals surface area (Å²) in [6.07, 6.45) is 1.93. The Labute approximate surface area is 313 Å². The third-order valence-corrected chi connectivity index (χ3v) is 11.2. The standard InChI is InChI=1S/C44H39N4S.Pt/c1-43(2,3)30-13-11-14-32(25-30)47-29-48(47,41-20-10-9-19-40(41)47)33-15-12-16-34(27-33)49-35-21-22-37-36-17-7-8-18-38(36)46(39(37)28-35)42-26-31(23-24-45-42)44(4,5)6;/h7-26,29H,1-6H3;/q-1;/t47-,48?;/m0./s1. The Morgan fingerprint density at radius 1 is 0.640 bits per heavy atom. The molecule has 1 unspecified atom stereocenters. The van der Waals surface area contributed by atoms with E-state index in [0.29, 0.717) is 9.18 Å². The number of aromatic nitrogens is 2. The molecular formula is C44H39N4PtS-. The van der Waals surface area contributed by atoms with Crippen LogP contribution in [0, 0.1) is 18.8 Å². The molecule has 2 atom stereocenters. The Bertz CT molecular complexity index is 2450. The summed E-state index contributed by atoms with van der Waals surface area (Å²) < 4.78 is 3.59. The molecule has 2 aliphatic heterocycles. The number of hydrogen-bond donors (Lipinski definition) is 0. The second kappa shape index (κ2) is 11.5. The zero-order valence-electron chi connectivity index (χ0n) is 29.1. The van der Waals surface area contributed by atoms with Gasteiger partial charge in [-0.2, -0.15) is 28.9 Å². The molecule has 5 aromatic carbocycles. The third-order valence-electron chi connectivity index (χ3n) is 10.2. The Hall–Kier alpha value is -3.99. The van der Waals surface area contributed by atoms with Crippen molar-refractivity contribution in [3.8, 4) is 5.82 Å². The number of benzene rings is 5. The molecule has 50 heavy (non-hydrogen) atoms. The van der Waals surface area contributed by atoms with Crippen LogP contribution in [0.25, 0.3) is 27.6 Å². The second-order valence-electron chi connectivity index (χ2n) is 15.4. The fourth-order valence-corrected chi connectivity index (χ4v) is 8.43. The van der Waals surface area contributed by atoms with Gasteiger partial charge in [-0.05, 0) is 45.5 Å². The van der Waals surface area contributed by atoms with E-state index in [2.05, 4.69) is 180 Å². The monoisotopic (exact) mass is 850 g/mol. The average Bonchev–Trinajstić information content (AvgIpc) is 3.58. The van der Waals surface area contributed by atoms with Crippen LogP contribution < -0.4 is 9.18 Å². The number of hydrogen-bond acceptors (Lipinski definition) is 2. The van der Waals surface area contributed by atoms with E-state index in [1.54, 1.807) is 11.8 Å². The van der Waals surface area contributed by atoms with Crippen LogP contribution in [0.1, 0.15) is 52.7 Å². The first kappa shape index (κ1) is 33.2. The van der Waals surface area contributed by atoms with E-state index >= 15 is 0 Å². The van der Waals surface area contributed by atoms with E-state index in [1.165, 1.54) is 39.0 Å². The van der Waals surface area contributed by atoms with Gasteiger partial charge in [0.1, 0.15) is 5.82 Å². The van der Waals surface area contributed by atoms with E-state index < -0.39 is 0 Å². The molecule has 252 valence electrons. The van der Waals surface area contributed by atoms with Crippen molar-refractivity contribution in [1.82, 2.24) is 18.7 Å². The fraction of sp³-hybridized carbons (Fsp3) is 0.182. The number of fused-ring (bicyclic) bond motifs is 7. The van der Waals surface area contributed by atoms with Crippen molar-refractivity contribution in [2.75, 3.05) is 0 Å². The molecule has 0 radical (unpaired) electrons. The molecule has 4 nitrogen and oxygen atoms in total. The first-order valence-electron chi connectivity index (χ1n) is 17.0. The minimum Gasteiger partial charge on any atom is -0.319 e. The number of rotatable bonds is 5. The summed E-state index contributed by atoms with van der Waals surface area (Å²) in [6, 6.07) is 49.5. The largest absolute Gasteiger partial charge is 0.319 e. The predicted molar refractivity (Wildman–Crippen MR) is 204 cm³/mol. The van der Waals surface area contributed by atoms with Crippen molar-refractivity contribution < 1.29 is 21.1 Å². The molecule has 0 N–H and O–H groups in total. The molecule has 1 fully saturated rings. The minimum absolute atomic E-state index is 0. The molecule has 9 rings (SSSR count). The molecule has 7 aromatic rings. The number of para-hydroxylation sites is 3. The van der Waals surface area contributed by atoms with E-state index in [1.807, 2.05) is 6.20 Å². The summed E-state index contributed by atoms with van der Waals surface area (Å²) in [5, 5.41) is 2.38. The fourth-order valence-electron chi connectivity index (χ4n) is 7.61. The van der Waals surface area contributed by atoms with Crippen LogP contribution in [-0.2, 0) is 31.9 Å². The summed E-state index contributed by atoms with van der Waals surface area (Å²) >= 11 is 1.71. The van der Waals surface area contributed by atoms with Gasteiger partial charge in [-0.3, -0.25) is 0 Å². The molecular weight excluding hydrogens is 812 g/mol. The van der Waals surface area contributed by atoms with Crippen molar-refractivity contribution >= 4 is 56.3 Å². The average molecular weight is 851 g/mol. The molecule has 2 aromatic heterocycles. The summed E-state index contributed by atoms with van der Waals surface area (Å²) in [4.78, 5) is 6.98. The van der Waals surface area contributed by atoms with Gasteiger partial charge in [0.25, 0.3) is 0 Å². The van der Waals surface area contributed by atoms with Crippen LogP contribution in [0.3, 0.4) is 0 Å². The predicted octanol–water partition coefficient (Wildman–Crippen LogP) is 11.9. The van der Waals surface area contributed by atoms with Gasteiger partial charge in [0.2, 0.25) is 11.4 Å². The summed E-state index contributed by atoms with van der Waals surface area (Å²) in [5.74, 6) is 0.916. The maximum Gasteiger partial charge on any atom is 0.225 e. The second-order valence-corrected chi connectivity index (χ2v) is 16.5. The van der Waals surface area contributed by atoms with Crippen molar-refractivity contribution in [2.24, 2.45) is 0 Å². The Morgan fingerprint density at radius 3 is 2.10 bits per heavy atom. The van der Waals surface area contributed by atoms with Crippen LogP contribution >= 0.6 is 11.8 Å². The van der Waals surface area contributed by atoms with E-state index in [0.717, 1.165) is 32.3 Å². The normalized spacial score (nSPS) is 19.4. The Balaban J connectivity index is 0.00000361. The van der Waals surface area contributed by atoms with Crippen LogP contribution in [0.2, 0.25) is 0 Å². The van der Waals surface area contributed by atoms with E-state index in [-0.39, 0.29) is 31.9 Å². The minimum atomic E-state index is 0. The summed E-state index contributed by atoms with van der Waals surface area (Å²) in [5.41, 5.74) is 9.93. The van der Waals surface area contributed by atoms with Crippen molar-refractivity contribution in [2.45, 2.75) is 62.2 Å². The number of pyridine rings is 1. The van der Waals surface area contributed by atoms with Gasteiger partial charge >= 0.3 is 0 Å². The first-order chi connectivity index (χ1) is 23.5. The summed E-state index contributed by atoms with van der Waals surface area (Å²) in [7, 11) is 0. The topological polar surface area (TPSA) is 17.8 Å². The molecule has 0 amide bonds. The van der Waals surface area contributed by atoms with Crippen LogP contribution in [0.4, 0.5) is 22.7 Å². The molecule has 0 saturated carbocycles. The molecule has 0 aliphatic carbocycles. The molecule has 0 bridgehead atoms. The summed E-state index contributed by atoms with van der Waals surface area (Å²) in [6.45, 7) is 16.0.